The smallest absolute Gasteiger partial charge is 0.241 e. The SMILES string of the molecule is CCN(CC)CCCOc1ccc2c(c1)CN[C@H](C(=O)N1CCC[C@H]1C#N)C2. The van der Waals surface area contributed by atoms with E-state index in [2.05, 4.69) is 42.3 Å². The standard InChI is InChI=1S/C22H32N4O2/c1-3-25(4-2)10-6-12-28-20-9-8-17-14-21(24-16-18(17)13-20)22(27)26-11-5-7-19(26)15-23/h8-9,13,19,21,24H,3-7,10-12,14,16H2,1-2H3/t19-,21-/m0/s1. The van der Waals surface area contributed by atoms with E-state index in [4.69, 9.17) is 4.74 Å². The molecule has 1 saturated heterocycles. The fraction of sp³-hybridized carbons (Fsp3) is 0.636. The predicted octanol–water partition coefficient (Wildman–Crippen LogP) is 2.33. The van der Waals surface area contributed by atoms with E-state index < -0.39 is 0 Å². The first kappa shape index (κ1) is 20.6. The molecule has 1 fully saturated rings. The van der Waals surface area contributed by atoms with E-state index >= 15 is 0 Å². The maximum Gasteiger partial charge on any atom is 0.241 e. The molecule has 1 amide bonds. The van der Waals surface area contributed by atoms with Gasteiger partial charge in [-0.05, 0) is 62.0 Å². The number of nitrogens with one attached hydrogen (secondary N) is 1. The molecule has 0 spiro atoms. The summed E-state index contributed by atoms with van der Waals surface area (Å²) in [4.78, 5) is 17.0. The van der Waals surface area contributed by atoms with Crippen molar-refractivity contribution < 1.29 is 9.53 Å². The number of carbonyl (C=O) groups is 1. The van der Waals surface area contributed by atoms with Crippen LogP contribution in [0, 0.1) is 11.3 Å². The number of benzene rings is 1. The van der Waals surface area contributed by atoms with E-state index in [-0.39, 0.29) is 18.0 Å². The number of nitriles is 1. The van der Waals surface area contributed by atoms with Crippen LogP contribution in [0.2, 0.25) is 0 Å². The Morgan fingerprint density at radius 3 is 2.93 bits per heavy atom. The molecule has 0 saturated carbocycles. The lowest BCUT2D eigenvalue weighted by molar-refractivity contribution is -0.133. The van der Waals surface area contributed by atoms with Gasteiger partial charge in [-0.2, -0.15) is 5.26 Å². The van der Waals surface area contributed by atoms with Crippen molar-refractivity contribution in [3.05, 3.63) is 29.3 Å². The number of amides is 1. The van der Waals surface area contributed by atoms with Gasteiger partial charge in [-0.25, -0.2) is 0 Å². The highest BCUT2D eigenvalue weighted by Crippen LogP contribution is 2.25. The normalized spacial score (nSPS) is 21.4. The quantitative estimate of drug-likeness (QED) is 0.697. The lowest BCUT2D eigenvalue weighted by Crippen LogP contribution is -2.50. The summed E-state index contributed by atoms with van der Waals surface area (Å²) in [5.74, 6) is 0.959. The Morgan fingerprint density at radius 2 is 2.18 bits per heavy atom. The first-order chi connectivity index (χ1) is 13.7. The molecule has 1 N–H and O–H groups in total. The lowest BCUT2D eigenvalue weighted by Gasteiger charge is -2.30. The third kappa shape index (κ3) is 4.84. The first-order valence-corrected chi connectivity index (χ1v) is 10.6. The molecule has 0 radical (unpaired) electrons. The van der Waals surface area contributed by atoms with Crippen LogP contribution in [0.15, 0.2) is 18.2 Å². The summed E-state index contributed by atoms with van der Waals surface area (Å²) >= 11 is 0. The fourth-order valence-corrected chi connectivity index (χ4v) is 4.14. The van der Waals surface area contributed by atoms with Crippen LogP contribution in [0.5, 0.6) is 5.75 Å². The second-order valence-corrected chi connectivity index (χ2v) is 7.62. The van der Waals surface area contributed by atoms with Crippen LogP contribution in [0.1, 0.15) is 44.2 Å². The van der Waals surface area contributed by atoms with Crippen molar-refractivity contribution in [1.82, 2.24) is 15.1 Å². The number of rotatable bonds is 8. The number of nitrogens with zero attached hydrogens (tertiary/aromatic N) is 3. The molecule has 2 heterocycles. The molecule has 3 rings (SSSR count). The number of carbonyl (C=O) groups excluding carboxylic acids is 1. The molecule has 2 aliphatic heterocycles. The minimum absolute atomic E-state index is 0.0615. The Kier molecular flexibility index (Phi) is 7.30. The Balaban J connectivity index is 1.52. The number of fused-ring (bicyclic) bond motifs is 1. The topological polar surface area (TPSA) is 68.6 Å². The highest BCUT2D eigenvalue weighted by molar-refractivity contribution is 5.83. The lowest BCUT2D eigenvalue weighted by atomic mass is 9.94. The van der Waals surface area contributed by atoms with Crippen LogP contribution in [0.4, 0.5) is 0 Å². The van der Waals surface area contributed by atoms with Crippen molar-refractivity contribution in [2.75, 3.05) is 32.8 Å². The first-order valence-electron chi connectivity index (χ1n) is 10.6. The Morgan fingerprint density at radius 1 is 1.36 bits per heavy atom. The second kappa shape index (κ2) is 9.90. The third-order valence-electron chi connectivity index (χ3n) is 5.91. The molecule has 0 aliphatic carbocycles. The summed E-state index contributed by atoms with van der Waals surface area (Å²) in [7, 11) is 0. The van der Waals surface area contributed by atoms with Crippen LogP contribution in [0.25, 0.3) is 0 Å². The molecule has 1 aromatic rings. The summed E-state index contributed by atoms with van der Waals surface area (Å²) in [6.07, 6.45) is 3.40. The average Bonchev–Trinajstić information content (AvgIpc) is 3.21. The zero-order valence-corrected chi connectivity index (χ0v) is 17.1. The highest BCUT2D eigenvalue weighted by atomic mass is 16.5. The highest BCUT2D eigenvalue weighted by Gasteiger charge is 2.34. The summed E-state index contributed by atoms with van der Waals surface area (Å²) in [5, 5.41) is 12.6. The summed E-state index contributed by atoms with van der Waals surface area (Å²) < 4.78 is 5.93. The molecule has 28 heavy (non-hydrogen) atoms. The van der Waals surface area contributed by atoms with Crippen LogP contribution in [-0.2, 0) is 17.8 Å². The van der Waals surface area contributed by atoms with E-state index in [0.717, 1.165) is 44.6 Å². The second-order valence-electron chi connectivity index (χ2n) is 7.62. The van der Waals surface area contributed by atoms with Crippen molar-refractivity contribution in [2.24, 2.45) is 0 Å². The summed E-state index contributed by atoms with van der Waals surface area (Å²) in [6.45, 7) is 9.65. The van der Waals surface area contributed by atoms with Gasteiger partial charge >= 0.3 is 0 Å². The molecular weight excluding hydrogens is 352 g/mol. The van der Waals surface area contributed by atoms with E-state index in [0.29, 0.717) is 26.1 Å². The minimum atomic E-state index is -0.261. The maximum absolute atomic E-state index is 12.8. The molecule has 0 aromatic heterocycles. The molecule has 6 nitrogen and oxygen atoms in total. The Labute approximate surface area is 168 Å². The molecule has 1 aromatic carbocycles. The van der Waals surface area contributed by atoms with E-state index in [1.165, 1.54) is 11.1 Å². The van der Waals surface area contributed by atoms with Crippen LogP contribution in [-0.4, -0.2) is 60.6 Å². The molecule has 152 valence electrons. The molecule has 0 unspecified atom stereocenters. The van der Waals surface area contributed by atoms with Gasteiger partial charge in [-0.3, -0.25) is 4.79 Å². The fourth-order valence-electron chi connectivity index (χ4n) is 4.14. The third-order valence-corrected chi connectivity index (χ3v) is 5.91. The van der Waals surface area contributed by atoms with E-state index in [1.807, 2.05) is 6.07 Å². The monoisotopic (exact) mass is 384 g/mol. The number of ether oxygens (including phenoxy) is 1. The number of likely N-dealkylation sites (tertiary alicyclic amines) is 1. The Hall–Kier alpha value is -2.10. The van der Waals surface area contributed by atoms with Gasteiger partial charge in [0.25, 0.3) is 0 Å². The maximum atomic E-state index is 12.8. The zero-order valence-electron chi connectivity index (χ0n) is 17.1. The van der Waals surface area contributed by atoms with E-state index in [1.54, 1.807) is 4.90 Å². The van der Waals surface area contributed by atoms with Gasteiger partial charge < -0.3 is 19.9 Å². The molecule has 6 heteroatoms. The van der Waals surface area contributed by atoms with Gasteiger partial charge in [-0.1, -0.05) is 19.9 Å². The van der Waals surface area contributed by atoms with Crippen LogP contribution < -0.4 is 10.1 Å². The van der Waals surface area contributed by atoms with Gasteiger partial charge in [-0.15, -0.1) is 0 Å². The molecule has 2 atom stereocenters. The number of hydrogen-bond acceptors (Lipinski definition) is 5. The van der Waals surface area contributed by atoms with Gasteiger partial charge in [0.1, 0.15) is 11.8 Å². The summed E-state index contributed by atoms with van der Waals surface area (Å²) in [5.41, 5.74) is 2.39. The number of hydrogen-bond donors (Lipinski definition) is 1. The van der Waals surface area contributed by atoms with Crippen molar-refractivity contribution in [1.29, 1.82) is 5.26 Å². The molecule has 0 bridgehead atoms. The molecular formula is C22H32N4O2. The van der Waals surface area contributed by atoms with Gasteiger partial charge in [0, 0.05) is 19.6 Å². The predicted molar refractivity (Wildman–Crippen MR) is 109 cm³/mol. The van der Waals surface area contributed by atoms with Crippen LogP contribution >= 0.6 is 0 Å². The van der Waals surface area contributed by atoms with Gasteiger partial charge in [0.2, 0.25) is 5.91 Å². The van der Waals surface area contributed by atoms with Crippen molar-refractivity contribution in [2.45, 2.75) is 58.2 Å². The minimum Gasteiger partial charge on any atom is -0.494 e. The van der Waals surface area contributed by atoms with Crippen molar-refractivity contribution in [3.63, 3.8) is 0 Å². The average molecular weight is 385 g/mol. The van der Waals surface area contributed by atoms with Crippen molar-refractivity contribution in [3.8, 4) is 11.8 Å². The van der Waals surface area contributed by atoms with Gasteiger partial charge in [0.15, 0.2) is 0 Å². The molecule has 2 aliphatic rings. The van der Waals surface area contributed by atoms with Crippen molar-refractivity contribution >= 4 is 5.91 Å². The largest absolute Gasteiger partial charge is 0.494 e. The van der Waals surface area contributed by atoms with E-state index in [9.17, 15) is 10.1 Å². The van der Waals surface area contributed by atoms with Gasteiger partial charge in [0.05, 0.1) is 18.7 Å². The van der Waals surface area contributed by atoms with Crippen LogP contribution in [0.3, 0.4) is 0 Å². The Bertz CT molecular complexity index is 711. The summed E-state index contributed by atoms with van der Waals surface area (Å²) in [6, 6.07) is 7.95. The zero-order chi connectivity index (χ0) is 19.9.